The van der Waals surface area contributed by atoms with Crippen LogP contribution in [-0.2, 0) is 0 Å². The van der Waals surface area contributed by atoms with Crippen molar-refractivity contribution < 1.29 is 17.6 Å². The van der Waals surface area contributed by atoms with Crippen molar-refractivity contribution in [2.24, 2.45) is 0 Å². The molecule has 0 saturated carbocycles. The van der Waals surface area contributed by atoms with Gasteiger partial charge in [0.25, 0.3) is 0 Å². The standard InChI is InChI=1S/C22H8F4/c23-19-5-15-11-1-9-2-13-14(18-8-22(26)21(25)7-17(13)18)4-10(9)3-12(11)16(15)6-20(19)24/h1-8H. The van der Waals surface area contributed by atoms with E-state index in [2.05, 4.69) is 0 Å². The fourth-order valence-corrected chi connectivity index (χ4v) is 4.10. The van der Waals surface area contributed by atoms with Gasteiger partial charge in [-0.1, -0.05) is 0 Å². The van der Waals surface area contributed by atoms with Crippen LogP contribution in [0.5, 0.6) is 0 Å². The van der Waals surface area contributed by atoms with Crippen molar-refractivity contribution in [3.63, 3.8) is 0 Å². The lowest BCUT2D eigenvalue weighted by Gasteiger charge is -2.16. The summed E-state index contributed by atoms with van der Waals surface area (Å²) < 4.78 is 54.1. The van der Waals surface area contributed by atoms with E-state index in [-0.39, 0.29) is 0 Å². The molecule has 6 aromatic carbocycles. The third-order valence-corrected chi connectivity index (χ3v) is 5.39. The molecule has 124 valence electrons. The minimum absolute atomic E-state index is 0.692. The average molecular weight is 348 g/mol. The van der Waals surface area contributed by atoms with E-state index in [0.29, 0.717) is 21.5 Å². The Hall–Kier alpha value is -3.14. The van der Waals surface area contributed by atoms with Crippen LogP contribution in [0, 0.1) is 23.3 Å². The highest BCUT2D eigenvalue weighted by Crippen LogP contribution is 2.43. The highest BCUT2D eigenvalue weighted by atomic mass is 19.2. The van der Waals surface area contributed by atoms with Gasteiger partial charge in [-0.05, 0) is 102 Å². The predicted molar refractivity (Wildman–Crippen MR) is 96.2 cm³/mol. The lowest BCUT2D eigenvalue weighted by Crippen LogP contribution is -1.93. The van der Waals surface area contributed by atoms with Crippen LogP contribution in [0.4, 0.5) is 17.6 Å². The SMILES string of the molecule is Fc1cc2c(cc1F)c1cc3cc4c5cc(F)c(F)cc5c4cc3cc21. The van der Waals surface area contributed by atoms with Crippen LogP contribution in [0.15, 0.2) is 48.5 Å². The Morgan fingerprint density at radius 2 is 0.500 bits per heavy atom. The Balaban J connectivity index is 1.71. The second-order valence-corrected chi connectivity index (χ2v) is 6.77. The lowest BCUT2D eigenvalue weighted by molar-refractivity contribution is 0.511. The fourth-order valence-electron chi connectivity index (χ4n) is 4.10. The molecular weight excluding hydrogens is 340 g/mol. The van der Waals surface area contributed by atoms with E-state index in [1.165, 1.54) is 24.3 Å². The first-order valence-corrected chi connectivity index (χ1v) is 8.12. The maximum Gasteiger partial charge on any atom is 0.159 e. The molecule has 6 aromatic rings. The van der Waals surface area contributed by atoms with Crippen LogP contribution in [0.2, 0.25) is 0 Å². The summed E-state index contributed by atoms with van der Waals surface area (Å²) in [6.45, 7) is 0. The van der Waals surface area contributed by atoms with Gasteiger partial charge < -0.3 is 0 Å². The van der Waals surface area contributed by atoms with Crippen molar-refractivity contribution >= 4 is 53.9 Å². The van der Waals surface area contributed by atoms with Gasteiger partial charge >= 0.3 is 0 Å². The summed E-state index contributed by atoms with van der Waals surface area (Å²) in [5.74, 6) is -3.45. The minimum Gasteiger partial charge on any atom is -0.204 e. The number of benzene rings is 4. The molecule has 0 aliphatic heterocycles. The topological polar surface area (TPSA) is 0 Å². The van der Waals surface area contributed by atoms with E-state index >= 15 is 0 Å². The normalized spacial score (nSPS) is 12.6. The van der Waals surface area contributed by atoms with Crippen LogP contribution in [0.25, 0.3) is 53.9 Å². The van der Waals surface area contributed by atoms with Crippen molar-refractivity contribution in [1.29, 1.82) is 0 Å². The molecule has 26 heavy (non-hydrogen) atoms. The molecule has 0 amide bonds. The molecule has 0 heterocycles. The van der Waals surface area contributed by atoms with Crippen molar-refractivity contribution in [1.82, 2.24) is 0 Å². The second kappa shape index (κ2) is 4.33. The molecule has 0 spiro atoms. The molecule has 0 aliphatic carbocycles. The smallest absolute Gasteiger partial charge is 0.159 e. The van der Waals surface area contributed by atoms with Crippen molar-refractivity contribution in [3.05, 3.63) is 71.8 Å². The number of hydrogen-bond donors (Lipinski definition) is 0. The fraction of sp³-hybridized carbons (Fsp3) is 0. The minimum atomic E-state index is -0.863. The number of hydrogen-bond acceptors (Lipinski definition) is 0. The molecule has 0 atom stereocenters. The number of rotatable bonds is 0. The summed E-state index contributed by atoms with van der Waals surface area (Å²) in [4.78, 5) is 0. The van der Waals surface area contributed by atoms with E-state index in [9.17, 15) is 17.6 Å². The van der Waals surface area contributed by atoms with Crippen LogP contribution in [0.1, 0.15) is 0 Å². The molecule has 0 N–H and O–H groups in total. The monoisotopic (exact) mass is 348 g/mol. The highest BCUT2D eigenvalue weighted by Gasteiger charge is 2.18. The van der Waals surface area contributed by atoms with Gasteiger partial charge in [0.1, 0.15) is 0 Å². The quantitative estimate of drug-likeness (QED) is 0.262. The van der Waals surface area contributed by atoms with Gasteiger partial charge in [0.05, 0.1) is 0 Å². The highest BCUT2D eigenvalue weighted by molar-refractivity contribution is 6.31. The maximum absolute atomic E-state index is 13.5. The summed E-state index contributed by atoms with van der Waals surface area (Å²) in [6, 6.07) is 12.6. The van der Waals surface area contributed by atoms with Gasteiger partial charge in [0.2, 0.25) is 0 Å². The van der Waals surface area contributed by atoms with Crippen LogP contribution in [0.3, 0.4) is 0 Å². The Bertz CT molecular complexity index is 1290. The van der Waals surface area contributed by atoms with Gasteiger partial charge in [-0.15, -0.1) is 0 Å². The third-order valence-electron chi connectivity index (χ3n) is 5.39. The Labute approximate surface area is 143 Å². The van der Waals surface area contributed by atoms with Crippen LogP contribution < -0.4 is 0 Å². The van der Waals surface area contributed by atoms with E-state index in [4.69, 9.17) is 0 Å². The molecule has 0 bridgehead atoms. The van der Waals surface area contributed by atoms with Crippen molar-refractivity contribution in [2.45, 2.75) is 0 Å². The largest absolute Gasteiger partial charge is 0.204 e. The zero-order valence-electron chi connectivity index (χ0n) is 13.1. The number of fused-ring (bicyclic) bond motifs is 9. The molecule has 6 rings (SSSR count). The first-order chi connectivity index (χ1) is 12.5. The van der Waals surface area contributed by atoms with Crippen LogP contribution in [-0.4, -0.2) is 0 Å². The maximum atomic E-state index is 13.5. The van der Waals surface area contributed by atoms with Gasteiger partial charge in [0.15, 0.2) is 23.3 Å². The summed E-state index contributed by atoms with van der Waals surface area (Å²) in [5.41, 5.74) is 0. The number of halogens is 4. The molecular formula is C22H8F4. The van der Waals surface area contributed by atoms with Crippen molar-refractivity contribution in [2.75, 3.05) is 0 Å². The zero-order chi connectivity index (χ0) is 17.7. The van der Waals surface area contributed by atoms with E-state index in [1.54, 1.807) is 0 Å². The zero-order valence-corrected chi connectivity index (χ0v) is 13.1. The van der Waals surface area contributed by atoms with Gasteiger partial charge in [-0.25, -0.2) is 17.6 Å². The Morgan fingerprint density at radius 3 is 0.731 bits per heavy atom. The van der Waals surface area contributed by atoms with E-state index < -0.39 is 23.3 Å². The molecule has 0 aromatic heterocycles. The summed E-state index contributed by atoms with van der Waals surface area (Å²) in [6.07, 6.45) is 0. The Morgan fingerprint density at radius 1 is 0.308 bits per heavy atom. The average Bonchev–Trinajstić information content (AvgIpc) is 2.63. The Kier molecular flexibility index (Phi) is 2.34. The van der Waals surface area contributed by atoms with E-state index in [0.717, 1.165) is 32.3 Å². The van der Waals surface area contributed by atoms with Gasteiger partial charge in [0, 0.05) is 0 Å². The molecule has 0 unspecified atom stereocenters. The first-order valence-electron chi connectivity index (χ1n) is 8.12. The molecule has 0 radical (unpaired) electrons. The third kappa shape index (κ3) is 1.55. The predicted octanol–water partition coefficient (Wildman–Crippen LogP) is 6.88. The summed E-state index contributed by atoms with van der Waals surface area (Å²) in [5, 5.41) is 8.10. The first kappa shape index (κ1) is 14.1. The van der Waals surface area contributed by atoms with Gasteiger partial charge in [-0.3, -0.25) is 0 Å². The molecule has 0 aliphatic rings. The van der Waals surface area contributed by atoms with Gasteiger partial charge in [-0.2, -0.15) is 0 Å². The molecule has 0 nitrogen and oxygen atoms in total. The molecule has 4 heteroatoms. The lowest BCUT2D eigenvalue weighted by atomic mass is 9.87. The molecule has 0 saturated heterocycles. The summed E-state index contributed by atoms with van der Waals surface area (Å²) in [7, 11) is 0. The summed E-state index contributed by atoms with van der Waals surface area (Å²) >= 11 is 0. The molecule has 0 fully saturated rings. The second-order valence-electron chi connectivity index (χ2n) is 6.77. The van der Waals surface area contributed by atoms with E-state index in [1.807, 2.05) is 24.3 Å². The van der Waals surface area contributed by atoms with Crippen molar-refractivity contribution in [3.8, 4) is 0 Å². The van der Waals surface area contributed by atoms with Crippen LogP contribution >= 0.6 is 0 Å².